The summed E-state index contributed by atoms with van der Waals surface area (Å²) in [4.78, 5) is 21.8. The zero-order chi connectivity index (χ0) is 19.1. The minimum atomic E-state index is 0.357. The Balaban J connectivity index is 1.45. The third-order valence-corrected chi connectivity index (χ3v) is 6.49. The van der Waals surface area contributed by atoms with Crippen molar-refractivity contribution < 1.29 is 4.79 Å². The molecule has 1 amide bonds. The Bertz CT molecular complexity index is 565. The van der Waals surface area contributed by atoms with Crippen molar-refractivity contribution in [1.29, 1.82) is 0 Å². The first-order valence-corrected chi connectivity index (χ1v) is 10.8. The average molecular weight is 373 g/mol. The second-order valence-corrected chi connectivity index (χ2v) is 8.32. The van der Waals surface area contributed by atoms with E-state index in [4.69, 9.17) is 0 Å². The molecule has 0 aliphatic carbocycles. The number of pyridine rings is 1. The molecule has 5 heteroatoms. The van der Waals surface area contributed by atoms with E-state index in [-0.39, 0.29) is 0 Å². The normalized spacial score (nSPS) is 20.4. The van der Waals surface area contributed by atoms with Crippen LogP contribution >= 0.6 is 0 Å². The van der Waals surface area contributed by atoms with Gasteiger partial charge in [0.15, 0.2) is 0 Å². The lowest BCUT2D eigenvalue weighted by molar-refractivity contribution is -0.133. The van der Waals surface area contributed by atoms with Gasteiger partial charge < -0.3 is 15.1 Å². The predicted molar refractivity (Wildman–Crippen MR) is 111 cm³/mol. The van der Waals surface area contributed by atoms with Crippen LogP contribution in [-0.4, -0.2) is 55.1 Å². The fourth-order valence-corrected chi connectivity index (χ4v) is 4.59. The van der Waals surface area contributed by atoms with Gasteiger partial charge in [0.05, 0.1) is 0 Å². The minimum Gasteiger partial charge on any atom is -0.357 e. The molecule has 0 aromatic carbocycles. The smallest absolute Gasteiger partial charge is 0.222 e. The maximum atomic E-state index is 12.9. The Morgan fingerprint density at radius 3 is 2.63 bits per heavy atom. The van der Waals surface area contributed by atoms with Gasteiger partial charge in [-0.05, 0) is 75.6 Å². The molecule has 0 saturated carbocycles. The van der Waals surface area contributed by atoms with E-state index in [1.165, 1.54) is 12.8 Å². The summed E-state index contributed by atoms with van der Waals surface area (Å²) in [7, 11) is 0. The van der Waals surface area contributed by atoms with Crippen molar-refractivity contribution >= 4 is 11.7 Å². The maximum Gasteiger partial charge on any atom is 0.222 e. The van der Waals surface area contributed by atoms with Crippen molar-refractivity contribution in [3.05, 3.63) is 24.4 Å². The molecule has 2 aliphatic heterocycles. The van der Waals surface area contributed by atoms with E-state index < -0.39 is 0 Å². The van der Waals surface area contributed by atoms with Crippen molar-refractivity contribution in [1.82, 2.24) is 15.2 Å². The van der Waals surface area contributed by atoms with E-state index in [2.05, 4.69) is 46.1 Å². The van der Waals surface area contributed by atoms with Crippen molar-refractivity contribution in [3.8, 4) is 0 Å². The summed E-state index contributed by atoms with van der Waals surface area (Å²) in [6.45, 7) is 10.4. The van der Waals surface area contributed by atoms with E-state index in [0.717, 1.165) is 57.9 Å². The van der Waals surface area contributed by atoms with Crippen LogP contribution in [0.15, 0.2) is 24.4 Å². The second kappa shape index (κ2) is 10.1. The van der Waals surface area contributed by atoms with Crippen LogP contribution in [0.1, 0.15) is 46.0 Å². The van der Waals surface area contributed by atoms with Gasteiger partial charge in [0, 0.05) is 38.8 Å². The first kappa shape index (κ1) is 20.1. The zero-order valence-electron chi connectivity index (χ0n) is 17.1. The summed E-state index contributed by atoms with van der Waals surface area (Å²) in [6, 6.07) is 6.10. The Morgan fingerprint density at radius 1 is 1.26 bits per heavy atom. The molecule has 27 heavy (non-hydrogen) atoms. The van der Waals surface area contributed by atoms with Crippen molar-refractivity contribution in [2.45, 2.75) is 46.0 Å². The van der Waals surface area contributed by atoms with Crippen LogP contribution in [0.2, 0.25) is 0 Å². The van der Waals surface area contributed by atoms with Crippen LogP contribution in [0.5, 0.6) is 0 Å². The van der Waals surface area contributed by atoms with E-state index >= 15 is 0 Å². The highest BCUT2D eigenvalue weighted by Crippen LogP contribution is 2.26. The number of carbonyl (C=O) groups excluding carboxylic acids is 1. The summed E-state index contributed by atoms with van der Waals surface area (Å²) < 4.78 is 0. The summed E-state index contributed by atoms with van der Waals surface area (Å²) in [5.74, 6) is 3.25. The van der Waals surface area contributed by atoms with Crippen LogP contribution in [0, 0.1) is 17.8 Å². The summed E-state index contributed by atoms with van der Waals surface area (Å²) in [5, 5.41) is 3.42. The number of aromatic nitrogens is 1. The molecule has 3 rings (SSSR count). The first-order chi connectivity index (χ1) is 13.2. The number of hydrogen-bond acceptors (Lipinski definition) is 4. The molecule has 5 nitrogen and oxygen atoms in total. The number of rotatable bonds is 7. The van der Waals surface area contributed by atoms with Crippen molar-refractivity contribution in [2.75, 3.05) is 44.2 Å². The fourth-order valence-electron chi connectivity index (χ4n) is 4.59. The molecular formula is C22H36N4O. The Kier molecular flexibility index (Phi) is 7.50. The predicted octanol–water partition coefficient (Wildman–Crippen LogP) is 3.17. The van der Waals surface area contributed by atoms with Crippen molar-refractivity contribution in [2.24, 2.45) is 17.8 Å². The molecule has 0 radical (unpaired) electrons. The van der Waals surface area contributed by atoms with Gasteiger partial charge >= 0.3 is 0 Å². The number of anilines is 1. The number of nitrogens with one attached hydrogen (secondary N) is 1. The largest absolute Gasteiger partial charge is 0.357 e. The third-order valence-electron chi connectivity index (χ3n) is 6.49. The van der Waals surface area contributed by atoms with Gasteiger partial charge in [0.2, 0.25) is 5.91 Å². The molecule has 1 aromatic rings. The number of nitrogens with zero attached hydrogens (tertiary/aromatic N) is 3. The van der Waals surface area contributed by atoms with E-state index in [1.54, 1.807) is 0 Å². The van der Waals surface area contributed by atoms with Gasteiger partial charge in [0.25, 0.3) is 0 Å². The number of carbonyl (C=O) groups is 1. The van der Waals surface area contributed by atoms with Gasteiger partial charge in [0.1, 0.15) is 5.82 Å². The summed E-state index contributed by atoms with van der Waals surface area (Å²) in [5.41, 5.74) is 0. The molecule has 1 unspecified atom stereocenters. The lowest BCUT2D eigenvalue weighted by Crippen LogP contribution is -2.42. The second-order valence-electron chi connectivity index (χ2n) is 8.32. The fraction of sp³-hybridized carbons (Fsp3) is 0.727. The molecule has 1 aromatic heterocycles. The number of hydrogen-bond donors (Lipinski definition) is 1. The van der Waals surface area contributed by atoms with Crippen LogP contribution in [0.25, 0.3) is 0 Å². The Hall–Kier alpha value is -1.62. The van der Waals surface area contributed by atoms with Gasteiger partial charge in [-0.15, -0.1) is 0 Å². The SMILES string of the molecule is CCN(CC1CCN(c2ccccn2)CC1)C(=O)CC(C)C1CCNCC1. The molecule has 1 N–H and O–H groups in total. The molecule has 1 atom stereocenters. The van der Waals surface area contributed by atoms with Crippen LogP contribution in [0.4, 0.5) is 5.82 Å². The monoisotopic (exact) mass is 372 g/mol. The zero-order valence-corrected chi connectivity index (χ0v) is 17.1. The minimum absolute atomic E-state index is 0.357. The van der Waals surface area contributed by atoms with Crippen LogP contribution in [0.3, 0.4) is 0 Å². The molecule has 0 bridgehead atoms. The highest BCUT2D eigenvalue weighted by Gasteiger charge is 2.26. The molecule has 2 saturated heterocycles. The highest BCUT2D eigenvalue weighted by atomic mass is 16.2. The molecule has 150 valence electrons. The molecule has 2 aliphatic rings. The van der Waals surface area contributed by atoms with Crippen LogP contribution < -0.4 is 10.2 Å². The van der Waals surface area contributed by atoms with E-state index in [9.17, 15) is 4.79 Å². The number of piperidine rings is 2. The molecular weight excluding hydrogens is 336 g/mol. The summed E-state index contributed by atoms with van der Waals surface area (Å²) >= 11 is 0. The topological polar surface area (TPSA) is 48.5 Å². The Labute approximate surface area is 164 Å². The summed E-state index contributed by atoms with van der Waals surface area (Å²) in [6.07, 6.45) is 7.29. The lowest BCUT2D eigenvalue weighted by Gasteiger charge is -2.36. The van der Waals surface area contributed by atoms with Gasteiger partial charge in [-0.3, -0.25) is 4.79 Å². The lowest BCUT2D eigenvalue weighted by atomic mass is 9.84. The highest BCUT2D eigenvalue weighted by molar-refractivity contribution is 5.76. The number of amides is 1. The maximum absolute atomic E-state index is 12.9. The Morgan fingerprint density at radius 2 is 2.00 bits per heavy atom. The average Bonchev–Trinajstić information content (AvgIpc) is 2.73. The van der Waals surface area contributed by atoms with Crippen molar-refractivity contribution in [3.63, 3.8) is 0 Å². The molecule has 0 spiro atoms. The van der Waals surface area contributed by atoms with Gasteiger partial charge in [-0.1, -0.05) is 13.0 Å². The van der Waals surface area contributed by atoms with E-state index in [0.29, 0.717) is 30.1 Å². The molecule has 3 heterocycles. The standard InChI is InChI=1S/C22H36N4O/c1-3-25(22(27)16-18(2)20-7-12-23-13-8-20)17-19-9-14-26(15-10-19)21-6-4-5-11-24-21/h4-6,11,18-20,23H,3,7-10,12-17H2,1-2H3. The van der Waals surface area contributed by atoms with Gasteiger partial charge in [-0.25, -0.2) is 4.98 Å². The first-order valence-electron chi connectivity index (χ1n) is 10.8. The quantitative estimate of drug-likeness (QED) is 0.799. The van der Waals surface area contributed by atoms with E-state index in [1.807, 2.05) is 12.3 Å². The van der Waals surface area contributed by atoms with Crippen LogP contribution in [-0.2, 0) is 4.79 Å². The molecule has 2 fully saturated rings. The van der Waals surface area contributed by atoms with Gasteiger partial charge in [-0.2, -0.15) is 0 Å². The third kappa shape index (κ3) is 5.68.